The summed E-state index contributed by atoms with van der Waals surface area (Å²) in [4.78, 5) is 12.3. The Labute approximate surface area is 102 Å². The van der Waals surface area contributed by atoms with Gasteiger partial charge in [-0.25, -0.2) is 0 Å². The zero-order valence-electron chi connectivity index (χ0n) is 9.37. The van der Waals surface area contributed by atoms with Crippen molar-refractivity contribution in [3.8, 4) is 0 Å². The SMILES string of the molecule is O=C(O)CN(CCSC(F)(F)F)C1CCCC1. The van der Waals surface area contributed by atoms with E-state index in [1.807, 2.05) is 0 Å². The first kappa shape index (κ1) is 14.6. The number of rotatable bonds is 6. The molecule has 0 saturated heterocycles. The lowest BCUT2D eigenvalue weighted by Crippen LogP contribution is -2.39. The summed E-state index contributed by atoms with van der Waals surface area (Å²) >= 11 is -0.0868. The van der Waals surface area contributed by atoms with E-state index < -0.39 is 11.5 Å². The van der Waals surface area contributed by atoms with E-state index in [-0.39, 0.29) is 36.6 Å². The Morgan fingerprint density at radius 2 is 1.94 bits per heavy atom. The predicted octanol–water partition coefficient (Wildman–Crippen LogP) is 2.57. The van der Waals surface area contributed by atoms with Crippen molar-refractivity contribution in [1.29, 1.82) is 0 Å². The van der Waals surface area contributed by atoms with Gasteiger partial charge in [0, 0.05) is 18.3 Å². The smallest absolute Gasteiger partial charge is 0.441 e. The Morgan fingerprint density at radius 3 is 2.41 bits per heavy atom. The normalized spacial score (nSPS) is 17.9. The molecule has 0 aromatic carbocycles. The van der Waals surface area contributed by atoms with Crippen molar-refractivity contribution in [3.05, 3.63) is 0 Å². The van der Waals surface area contributed by atoms with Crippen LogP contribution in [0.4, 0.5) is 13.2 Å². The molecule has 0 amide bonds. The molecule has 1 rings (SSSR count). The summed E-state index contributed by atoms with van der Waals surface area (Å²) in [5, 5.41) is 8.73. The van der Waals surface area contributed by atoms with E-state index in [1.165, 1.54) is 0 Å². The summed E-state index contributed by atoms with van der Waals surface area (Å²) in [5.41, 5.74) is -4.23. The van der Waals surface area contributed by atoms with Crippen LogP contribution in [0, 0.1) is 0 Å². The molecule has 0 heterocycles. The zero-order valence-corrected chi connectivity index (χ0v) is 10.2. The molecule has 3 nitrogen and oxygen atoms in total. The van der Waals surface area contributed by atoms with E-state index in [2.05, 4.69) is 0 Å². The van der Waals surface area contributed by atoms with Crippen molar-refractivity contribution in [2.75, 3.05) is 18.8 Å². The van der Waals surface area contributed by atoms with Gasteiger partial charge in [-0.15, -0.1) is 0 Å². The Hall–Kier alpha value is -0.430. The van der Waals surface area contributed by atoms with Gasteiger partial charge in [0.2, 0.25) is 0 Å². The number of halogens is 3. The van der Waals surface area contributed by atoms with Crippen molar-refractivity contribution in [2.45, 2.75) is 37.2 Å². The predicted molar refractivity (Wildman–Crippen MR) is 60.0 cm³/mol. The summed E-state index contributed by atoms with van der Waals surface area (Å²) in [6.07, 6.45) is 3.86. The van der Waals surface area contributed by atoms with Crippen molar-refractivity contribution < 1.29 is 23.1 Å². The number of alkyl halides is 3. The molecule has 0 unspecified atom stereocenters. The van der Waals surface area contributed by atoms with Gasteiger partial charge in [0.1, 0.15) is 0 Å². The monoisotopic (exact) mass is 271 g/mol. The molecule has 0 bridgehead atoms. The fourth-order valence-corrected chi connectivity index (χ4v) is 2.67. The van der Waals surface area contributed by atoms with E-state index in [0.29, 0.717) is 0 Å². The first-order valence-corrected chi connectivity index (χ1v) is 6.53. The van der Waals surface area contributed by atoms with E-state index in [4.69, 9.17) is 5.11 Å². The van der Waals surface area contributed by atoms with Gasteiger partial charge in [-0.1, -0.05) is 12.8 Å². The number of carboxylic acid groups (broad SMARTS) is 1. The standard InChI is InChI=1S/C10H16F3NO2S/c11-10(12,13)17-6-5-14(7-9(15)16)8-3-1-2-4-8/h8H,1-7H2,(H,15,16). The van der Waals surface area contributed by atoms with Crippen LogP contribution in [0.15, 0.2) is 0 Å². The first-order chi connectivity index (χ1) is 7.88. The van der Waals surface area contributed by atoms with E-state index >= 15 is 0 Å². The molecule has 1 fully saturated rings. The summed E-state index contributed by atoms with van der Waals surface area (Å²) in [6, 6.07) is 0.139. The maximum absolute atomic E-state index is 12.0. The summed E-state index contributed by atoms with van der Waals surface area (Å²) < 4.78 is 35.9. The van der Waals surface area contributed by atoms with Crippen molar-refractivity contribution in [3.63, 3.8) is 0 Å². The summed E-state index contributed by atoms with van der Waals surface area (Å²) in [7, 11) is 0. The van der Waals surface area contributed by atoms with Crippen LogP contribution in [0.1, 0.15) is 25.7 Å². The average Bonchev–Trinajstić information content (AvgIpc) is 2.66. The number of thioether (sulfide) groups is 1. The van der Waals surface area contributed by atoms with Gasteiger partial charge in [-0.05, 0) is 24.6 Å². The molecule has 0 atom stereocenters. The Bertz CT molecular complexity index is 254. The summed E-state index contributed by atoms with van der Waals surface area (Å²) in [6.45, 7) is 0.0181. The fraction of sp³-hybridized carbons (Fsp3) is 0.900. The van der Waals surface area contributed by atoms with Crippen LogP contribution < -0.4 is 0 Å². The quantitative estimate of drug-likeness (QED) is 0.806. The maximum atomic E-state index is 12.0. The van der Waals surface area contributed by atoms with Crippen LogP contribution in [-0.4, -0.2) is 46.4 Å². The number of nitrogens with zero attached hydrogens (tertiary/aromatic N) is 1. The van der Waals surface area contributed by atoms with Crippen LogP contribution in [0.5, 0.6) is 0 Å². The lowest BCUT2D eigenvalue weighted by Gasteiger charge is -2.26. The molecule has 7 heteroatoms. The Morgan fingerprint density at radius 1 is 1.35 bits per heavy atom. The lowest BCUT2D eigenvalue weighted by atomic mass is 10.2. The number of hydrogen-bond acceptors (Lipinski definition) is 3. The third-order valence-electron chi connectivity index (χ3n) is 2.82. The molecule has 0 aliphatic heterocycles. The van der Waals surface area contributed by atoms with Gasteiger partial charge in [0.25, 0.3) is 0 Å². The fourth-order valence-electron chi connectivity index (χ4n) is 2.11. The highest BCUT2D eigenvalue weighted by atomic mass is 32.2. The van der Waals surface area contributed by atoms with E-state index in [0.717, 1.165) is 25.7 Å². The third-order valence-corrected chi connectivity index (χ3v) is 3.54. The molecule has 17 heavy (non-hydrogen) atoms. The molecule has 0 radical (unpaired) electrons. The highest BCUT2D eigenvalue weighted by Gasteiger charge is 2.29. The minimum Gasteiger partial charge on any atom is -0.480 e. The second-order valence-corrected chi connectivity index (χ2v) is 5.26. The van der Waals surface area contributed by atoms with Gasteiger partial charge in [0.15, 0.2) is 0 Å². The van der Waals surface area contributed by atoms with Crippen LogP contribution in [-0.2, 0) is 4.79 Å². The van der Waals surface area contributed by atoms with Gasteiger partial charge in [-0.3, -0.25) is 9.69 Å². The first-order valence-electron chi connectivity index (χ1n) is 5.55. The number of hydrogen-bond donors (Lipinski definition) is 1. The second kappa shape index (κ2) is 6.49. The molecule has 1 saturated carbocycles. The van der Waals surface area contributed by atoms with Crippen LogP contribution in [0.3, 0.4) is 0 Å². The summed E-state index contributed by atoms with van der Waals surface area (Å²) in [5.74, 6) is -1.08. The average molecular weight is 271 g/mol. The van der Waals surface area contributed by atoms with E-state index in [9.17, 15) is 18.0 Å². The zero-order chi connectivity index (χ0) is 12.9. The minimum absolute atomic E-state index is 0.0868. The van der Waals surface area contributed by atoms with Crippen LogP contribution >= 0.6 is 11.8 Å². The molecular weight excluding hydrogens is 255 g/mol. The topological polar surface area (TPSA) is 40.5 Å². The number of aliphatic carboxylic acids is 1. The van der Waals surface area contributed by atoms with Crippen molar-refractivity contribution in [1.82, 2.24) is 4.90 Å². The minimum atomic E-state index is -4.23. The molecule has 100 valence electrons. The highest BCUT2D eigenvalue weighted by molar-refractivity contribution is 8.00. The third kappa shape index (κ3) is 6.16. The van der Waals surface area contributed by atoms with Gasteiger partial charge in [0.05, 0.1) is 6.54 Å². The van der Waals surface area contributed by atoms with E-state index in [1.54, 1.807) is 4.90 Å². The number of carboxylic acids is 1. The largest absolute Gasteiger partial charge is 0.480 e. The van der Waals surface area contributed by atoms with Crippen LogP contribution in [0.2, 0.25) is 0 Å². The molecule has 0 spiro atoms. The van der Waals surface area contributed by atoms with Gasteiger partial charge >= 0.3 is 11.5 Å². The number of carbonyl (C=O) groups is 1. The second-order valence-electron chi connectivity index (χ2n) is 4.10. The van der Waals surface area contributed by atoms with Crippen molar-refractivity contribution in [2.24, 2.45) is 0 Å². The lowest BCUT2D eigenvalue weighted by molar-refractivity contribution is -0.138. The highest BCUT2D eigenvalue weighted by Crippen LogP contribution is 2.30. The molecule has 0 aromatic heterocycles. The molecular formula is C10H16F3NO2S. The molecule has 0 aromatic rings. The van der Waals surface area contributed by atoms with Gasteiger partial charge < -0.3 is 5.11 Å². The maximum Gasteiger partial charge on any atom is 0.441 e. The Balaban J connectivity index is 2.37. The van der Waals surface area contributed by atoms with Crippen molar-refractivity contribution >= 4 is 17.7 Å². The Kier molecular flexibility index (Phi) is 5.58. The molecule has 1 aliphatic carbocycles. The molecule has 1 N–H and O–H groups in total. The van der Waals surface area contributed by atoms with Gasteiger partial charge in [-0.2, -0.15) is 13.2 Å². The molecule has 1 aliphatic rings. The van der Waals surface area contributed by atoms with Crippen LogP contribution in [0.25, 0.3) is 0 Å².